The van der Waals surface area contributed by atoms with E-state index in [1.807, 2.05) is 24.3 Å². The lowest BCUT2D eigenvalue weighted by Gasteiger charge is -2.37. The third-order valence-electron chi connectivity index (χ3n) is 4.45. The third kappa shape index (κ3) is 8.09. The van der Waals surface area contributed by atoms with Gasteiger partial charge in [-0.15, -0.1) is 0 Å². The van der Waals surface area contributed by atoms with Gasteiger partial charge in [0.2, 0.25) is 0 Å². The molecule has 2 N–H and O–H groups in total. The normalized spacial score (nSPS) is 19.2. The number of likely N-dealkylation sites (tertiary alicyclic amines) is 1. The highest BCUT2D eigenvalue weighted by Crippen LogP contribution is 2.30. The van der Waals surface area contributed by atoms with Crippen molar-refractivity contribution >= 4 is 27.9 Å². The van der Waals surface area contributed by atoms with Crippen LogP contribution in [0.5, 0.6) is 5.75 Å². The van der Waals surface area contributed by atoms with Crippen molar-refractivity contribution in [1.82, 2.24) is 4.90 Å². The van der Waals surface area contributed by atoms with E-state index >= 15 is 0 Å². The minimum atomic E-state index is -1.26. The molecule has 2 aromatic carbocycles. The molecule has 1 aliphatic heterocycles. The van der Waals surface area contributed by atoms with Crippen LogP contribution < -0.4 is 4.74 Å². The summed E-state index contributed by atoms with van der Waals surface area (Å²) in [5, 5.41) is 15.6. The van der Waals surface area contributed by atoms with Crippen LogP contribution in [0.3, 0.4) is 0 Å². The fraction of sp³-hybridized carbons (Fsp3) is 0.273. The van der Waals surface area contributed by atoms with E-state index in [2.05, 4.69) is 58.2 Å². The molecule has 0 bridgehead atoms. The molecule has 0 spiro atoms. The second-order valence-electron chi connectivity index (χ2n) is 6.69. The lowest BCUT2D eigenvalue weighted by molar-refractivity contribution is -0.134. The summed E-state index contributed by atoms with van der Waals surface area (Å²) in [6.07, 6.45) is 2.42. The summed E-state index contributed by atoms with van der Waals surface area (Å²) in [6.45, 7) is 2.13. The van der Waals surface area contributed by atoms with Gasteiger partial charge in [-0.1, -0.05) is 46.3 Å². The number of piperidine rings is 1. The van der Waals surface area contributed by atoms with Crippen molar-refractivity contribution in [3.05, 3.63) is 76.8 Å². The maximum atomic E-state index is 9.55. The Bertz CT molecular complexity index is 807. The van der Waals surface area contributed by atoms with Crippen LogP contribution in [0.25, 0.3) is 0 Å². The number of aliphatic carboxylic acids is 2. The quantitative estimate of drug-likeness (QED) is 0.653. The topological polar surface area (TPSA) is 87.1 Å². The predicted molar refractivity (Wildman–Crippen MR) is 114 cm³/mol. The van der Waals surface area contributed by atoms with E-state index in [1.165, 1.54) is 5.56 Å². The summed E-state index contributed by atoms with van der Waals surface area (Å²) in [5.74, 6) is -1.14. The lowest BCUT2D eigenvalue weighted by Crippen LogP contribution is -2.42. The van der Waals surface area contributed by atoms with Crippen LogP contribution in [0.1, 0.15) is 17.9 Å². The minimum absolute atomic E-state index is 0.241. The molecule has 3 rings (SSSR count). The second kappa shape index (κ2) is 11.4. The molecular formula is C22H24BrNO5. The number of nitrogens with zero attached hydrogens (tertiary/aromatic N) is 1. The first kappa shape index (κ1) is 22.6. The van der Waals surface area contributed by atoms with Gasteiger partial charge in [-0.05, 0) is 43.3 Å². The predicted octanol–water partition coefficient (Wildman–Crippen LogP) is 4.03. The van der Waals surface area contributed by atoms with Crippen molar-refractivity contribution in [3.8, 4) is 5.75 Å². The Hall–Kier alpha value is -2.64. The number of hydrogen-bond donors (Lipinski definition) is 2. The van der Waals surface area contributed by atoms with Gasteiger partial charge < -0.3 is 19.8 Å². The zero-order valence-corrected chi connectivity index (χ0v) is 17.7. The van der Waals surface area contributed by atoms with Crippen LogP contribution in [0.15, 0.2) is 71.2 Å². The first-order valence-corrected chi connectivity index (χ1v) is 9.94. The van der Waals surface area contributed by atoms with Gasteiger partial charge in [-0.2, -0.15) is 0 Å². The molecule has 2 atom stereocenters. The molecule has 6 nitrogen and oxygen atoms in total. The van der Waals surface area contributed by atoms with Crippen molar-refractivity contribution in [2.75, 3.05) is 20.1 Å². The van der Waals surface area contributed by atoms with E-state index in [0.29, 0.717) is 18.1 Å². The molecule has 1 aliphatic rings. The lowest BCUT2D eigenvalue weighted by atomic mass is 9.88. The third-order valence-corrected chi connectivity index (χ3v) is 4.98. The summed E-state index contributed by atoms with van der Waals surface area (Å²) in [4.78, 5) is 21.5. The molecule has 0 aliphatic carbocycles. The molecule has 29 heavy (non-hydrogen) atoms. The van der Waals surface area contributed by atoms with E-state index in [9.17, 15) is 9.59 Å². The summed E-state index contributed by atoms with van der Waals surface area (Å²) in [7, 11) is 2.19. The number of carboxylic acids is 2. The Morgan fingerprint density at radius 3 is 2.17 bits per heavy atom. The number of ether oxygens (including phenoxy) is 1. The van der Waals surface area contributed by atoms with Gasteiger partial charge >= 0.3 is 11.9 Å². The molecule has 2 aromatic rings. The van der Waals surface area contributed by atoms with E-state index < -0.39 is 11.9 Å². The first-order chi connectivity index (χ1) is 13.8. The smallest absolute Gasteiger partial charge is 0.328 e. The first-order valence-electron chi connectivity index (χ1n) is 9.15. The molecule has 0 saturated carbocycles. The van der Waals surface area contributed by atoms with Crippen LogP contribution >= 0.6 is 15.9 Å². The Morgan fingerprint density at radius 1 is 1.03 bits per heavy atom. The van der Waals surface area contributed by atoms with Gasteiger partial charge in [0.05, 0.1) is 0 Å². The average Bonchev–Trinajstić information content (AvgIpc) is 2.70. The maximum Gasteiger partial charge on any atom is 0.328 e. The second-order valence-corrected chi connectivity index (χ2v) is 7.60. The molecule has 7 heteroatoms. The Balaban J connectivity index is 0.000000321. The van der Waals surface area contributed by atoms with Crippen LogP contribution in [-0.2, 0) is 9.59 Å². The number of likely N-dealkylation sites (N-methyl/N-ethyl adjacent to an activating group) is 1. The van der Waals surface area contributed by atoms with Crippen LogP contribution in [-0.4, -0.2) is 53.3 Å². The van der Waals surface area contributed by atoms with E-state index in [0.717, 1.165) is 29.7 Å². The van der Waals surface area contributed by atoms with E-state index in [1.54, 1.807) is 0 Å². The Morgan fingerprint density at radius 2 is 1.62 bits per heavy atom. The van der Waals surface area contributed by atoms with Crippen LogP contribution in [0, 0.1) is 0 Å². The Labute approximate surface area is 178 Å². The highest BCUT2D eigenvalue weighted by atomic mass is 79.9. The zero-order valence-electron chi connectivity index (χ0n) is 16.1. The Kier molecular flexibility index (Phi) is 8.89. The van der Waals surface area contributed by atoms with E-state index in [4.69, 9.17) is 14.9 Å². The largest absolute Gasteiger partial charge is 0.490 e. The number of hydrogen-bond acceptors (Lipinski definition) is 4. The summed E-state index contributed by atoms with van der Waals surface area (Å²) in [5.41, 5.74) is 1.37. The van der Waals surface area contributed by atoms with E-state index in [-0.39, 0.29) is 6.10 Å². The number of halogens is 1. The molecular weight excluding hydrogens is 438 g/mol. The van der Waals surface area contributed by atoms with Crippen molar-refractivity contribution < 1.29 is 24.5 Å². The number of benzene rings is 2. The van der Waals surface area contributed by atoms with Crippen molar-refractivity contribution in [2.45, 2.75) is 18.4 Å². The molecule has 154 valence electrons. The van der Waals surface area contributed by atoms with Crippen molar-refractivity contribution in [3.63, 3.8) is 0 Å². The molecule has 1 saturated heterocycles. The standard InChI is InChI=1S/C18H20BrNO.C4H4O4/c1-20-12-11-18(21-16-9-7-15(19)8-10-16)17(13-20)14-5-3-2-4-6-14;5-3(6)1-2-4(7)8/h2-10,17-18H,11-13H2,1H3;1-2H,(H,5,6)(H,7,8)/b;2-1+/t17-,18-;/m0./s1. The highest BCUT2D eigenvalue weighted by molar-refractivity contribution is 9.10. The zero-order chi connectivity index (χ0) is 21.2. The summed E-state index contributed by atoms with van der Waals surface area (Å²) in [6, 6.07) is 18.8. The van der Waals surface area contributed by atoms with Gasteiger partial charge in [0.1, 0.15) is 11.9 Å². The van der Waals surface area contributed by atoms with Gasteiger partial charge in [0.25, 0.3) is 0 Å². The van der Waals surface area contributed by atoms with Crippen molar-refractivity contribution in [2.24, 2.45) is 0 Å². The molecule has 0 unspecified atom stereocenters. The fourth-order valence-corrected chi connectivity index (χ4v) is 3.35. The highest BCUT2D eigenvalue weighted by Gasteiger charge is 2.30. The maximum absolute atomic E-state index is 9.55. The minimum Gasteiger partial charge on any atom is -0.490 e. The number of carbonyl (C=O) groups is 2. The molecule has 0 amide bonds. The molecule has 0 radical (unpaired) electrons. The average molecular weight is 462 g/mol. The monoisotopic (exact) mass is 461 g/mol. The van der Waals surface area contributed by atoms with Crippen molar-refractivity contribution in [1.29, 1.82) is 0 Å². The SMILES string of the molecule is CN1CC[C@H](Oc2ccc(Br)cc2)[C@H](c2ccccc2)C1.O=C(O)/C=C/C(=O)O. The summed E-state index contributed by atoms with van der Waals surface area (Å²) >= 11 is 3.46. The van der Waals surface area contributed by atoms with Crippen LogP contribution in [0.4, 0.5) is 0 Å². The number of carboxylic acid groups (broad SMARTS) is 2. The summed E-state index contributed by atoms with van der Waals surface area (Å²) < 4.78 is 7.36. The molecule has 1 fully saturated rings. The van der Waals surface area contributed by atoms with Gasteiger partial charge in [-0.25, -0.2) is 9.59 Å². The molecule has 1 heterocycles. The molecule has 0 aromatic heterocycles. The van der Waals surface area contributed by atoms with Gasteiger partial charge in [0, 0.05) is 35.6 Å². The van der Waals surface area contributed by atoms with Gasteiger partial charge in [-0.3, -0.25) is 0 Å². The number of rotatable bonds is 5. The fourth-order valence-electron chi connectivity index (χ4n) is 3.09. The van der Waals surface area contributed by atoms with Gasteiger partial charge in [0.15, 0.2) is 0 Å². The van der Waals surface area contributed by atoms with Crippen LogP contribution in [0.2, 0.25) is 0 Å².